The van der Waals surface area contributed by atoms with Gasteiger partial charge in [0.05, 0.1) is 49.6 Å². The first-order valence-electron chi connectivity index (χ1n) is 20.8. The van der Waals surface area contributed by atoms with Gasteiger partial charge in [0.2, 0.25) is 0 Å². The molecule has 10 rings (SSSR count). The molecule has 0 bridgehead atoms. The van der Waals surface area contributed by atoms with Crippen molar-refractivity contribution in [1.29, 1.82) is 0 Å². The molecule has 336 valence electrons. The Morgan fingerprint density at radius 1 is 0.545 bits per heavy atom. The van der Waals surface area contributed by atoms with E-state index in [0.29, 0.717) is 71.9 Å². The van der Waals surface area contributed by atoms with Gasteiger partial charge in [-0.05, 0) is 110 Å². The molecule has 6 heterocycles. The average Bonchev–Trinajstić information content (AvgIpc) is 4.18. The van der Waals surface area contributed by atoms with E-state index >= 15 is 0 Å². The molecule has 4 aromatic heterocycles. The fourth-order valence-corrected chi connectivity index (χ4v) is 8.15. The highest BCUT2D eigenvalue weighted by Gasteiger charge is 2.31. The van der Waals surface area contributed by atoms with Crippen LogP contribution in [0.4, 0.5) is 26.3 Å². The predicted molar refractivity (Wildman–Crippen MR) is 233 cm³/mol. The summed E-state index contributed by atoms with van der Waals surface area (Å²) in [5.41, 5.74) is 6.04. The zero-order chi connectivity index (χ0) is 46.2. The topological polar surface area (TPSA) is 116 Å². The minimum absolute atomic E-state index is 0.345. The third-order valence-electron chi connectivity index (χ3n) is 11.4. The number of rotatable bonds is 10. The normalized spacial score (nSPS) is 15.4. The number of fused-ring (bicyclic) bond motifs is 2. The molecule has 0 saturated heterocycles. The first kappa shape index (κ1) is 43.5. The van der Waals surface area contributed by atoms with Gasteiger partial charge in [0.25, 0.3) is 0 Å². The van der Waals surface area contributed by atoms with Gasteiger partial charge < -0.3 is 18.6 Å². The fourth-order valence-electron chi connectivity index (χ4n) is 8.15. The lowest BCUT2D eigenvalue weighted by Gasteiger charge is -2.10. The van der Waals surface area contributed by atoms with Crippen LogP contribution in [0.2, 0.25) is 0 Å². The van der Waals surface area contributed by atoms with Crippen molar-refractivity contribution >= 4 is 24.3 Å². The summed E-state index contributed by atoms with van der Waals surface area (Å²) in [4.78, 5) is 17.6. The third-order valence-corrected chi connectivity index (χ3v) is 11.4. The van der Waals surface area contributed by atoms with E-state index in [4.69, 9.17) is 9.47 Å². The maximum absolute atomic E-state index is 13.7. The van der Waals surface area contributed by atoms with Gasteiger partial charge in [-0.1, -0.05) is 24.3 Å². The van der Waals surface area contributed by atoms with Crippen LogP contribution in [-0.2, 0) is 13.1 Å². The van der Waals surface area contributed by atoms with Crippen molar-refractivity contribution in [2.45, 2.75) is 51.6 Å². The zero-order valence-corrected chi connectivity index (χ0v) is 35.9. The van der Waals surface area contributed by atoms with Crippen LogP contribution in [0.5, 0.6) is 11.5 Å². The number of nitrogens with zero attached hydrogens (tertiary/aromatic N) is 10. The van der Waals surface area contributed by atoms with Gasteiger partial charge in [-0.15, -0.1) is 0 Å². The van der Waals surface area contributed by atoms with Crippen molar-refractivity contribution in [1.82, 2.24) is 48.6 Å². The quantitative estimate of drug-likeness (QED) is 0.0985. The largest absolute Gasteiger partial charge is 0.495 e. The van der Waals surface area contributed by atoms with E-state index in [1.54, 1.807) is 48.4 Å². The van der Waals surface area contributed by atoms with E-state index in [-0.39, 0.29) is 11.8 Å². The summed E-state index contributed by atoms with van der Waals surface area (Å²) >= 11 is 0. The molecule has 0 amide bonds. The Morgan fingerprint density at radius 2 is 0.939 bits per heavy atom. The minimum Gasteiger partial charge on any atom is -0.495 e. The third kappa shape index (κ3) is 8.73. The molecule has 12 nitrogen and oxygen atoms in total. The second-order valence-electron chi connectivity index (χ2n) is 15.8. The number of imidazole rings is 2. The molecule has 2 aliphatic heterocycles. The molecule has 18 heteroatoms. The Labute approximate surface area is 374 Å². The second-order valence-corrected chi connectivity index (χ2v) is 15.8. The van der Waals surface area contributed by atoms with E-state index in [1.807, 2.05) is 83.9 Å². The van der Waals surface area contributed by atoms with E-state index in [1.165, 1.54) is 0 Å². The standard InChI is InChI=1S/2C24H20F3N5O/c2*1-14-12-31(13-28-14)20-5-3-15(9-21(20)33-2)4-6-22-29-24-17(7-8-32(24)30-22)16-10-18(25)23(27)19(26)11-16/h2*3-6,9-13,17H,7-8H2,1-2H3/b2*6-4+/t2*17-/m10/s1. The van der Waals surface area contributed by atoms with Crippen LogP contribution in [0.25, 0.3) is 35.7 Å². The van der Waals surface area contributed by atoms with Crippen molar-refractivity contribution in [3.8, 4) is 22.9 Å². The highest BCUT2D eigenvalue weighted by Crippen LogP contribution is 2.36. The molecule has 2 atom stereocenters. The van der Waals surface area contributed by atoms with Crippen molar-refractivity contribution < 1.29 is 35.8 Å². The van der Waals surface area contributed by atoms with Crippen molar-refractivity contribution in [2.75, 3.05) is 14.2 Å². The summed E-state index contributed by atoms with van der Waals surface area (Å²) in [5.74, 6) is -4.90. The van der Waals surface area contributed by atoms with E-state index < -0.39 is 34.9 Å². The van der Waals surface area contributed by atoms with Crippen molar-refractivity contribution in [3.63, 3.8) is 0 Å². The van der Waals surface area contributed by atoms with Crippen LogP contribution >= 0.6 is 0 Å². The molecule has 4 aromatic carbocycles. The molecule has 2 aliphatic rings. The van der Waals surface area contributed by atoms with Crippen LogP contribution in [-0.4, -0.2) is 62.9 Å². The maximum Gasteiger partial charge on any atom is 0.194 e. The molecular formula is C48H40F6N10O2. The number of benzene rings is 4. The highest BCUT2D eigenvalue weighted by atomic mass is 19.2. The lowest BCUT2D eigenvalue weighted by molar-refractivity contribution is 0.412. The van der Waals surface area contributed by atoms with E-state index in [0.717, 1.165) is 58.2 Å². The fraction of sp³-hybridized carbons (Fsp3) is 0.208. The predicted octanol–water partition coefficient (Wildman–Crippen LogP) is 9.81. The van der Waals surface area contributed by atoms with Crippen molar-refractivity contribution in [2.24, 2.45) is 0 Å². The summed E-state index contributed by atoms with van der Waals surface area (Å²) in [6.07, 6.45) is 15.7. The van der Waals surface area contributed by atoms with Gasteiger partial charge in [-0.25, -0.2) is 55.6 Å². The first-order chi connectivity index (χ1) is 31.8. The van der Waals surface area contributed by atoms with E-state index in [2.05, 4.69) is 30.1 Å². The molecule has 0 spiro atoms. The number of aryl methyl sites for hydroxylation is 4. The number of hydrogen-bond acceptors (Lipinski definition) is 8. The summed E-state index contributed by atoms with van der Waals surface area (Å²) in [6.45, 7) is 4.97. The Hall–Kier alpha value is -7.76. The van der Waals surface area contributed by atoms with Crippen LogP contribution in [0.1, 0.15) is 81.6 Å². The molecule has 8 aromatic rings. The highest BCUT2D eigenvalue weighted by molar-refractivity contribution is 5.70. The molecular weight excluding hydrogens is 863 g/mol. The van der Waals surface area contributed by atoms with Crippen LogP contribution in [0.3, 0.4) is 0 Å². The lowest BCUT2D eigenvalue weighted by atomic mass is 9.97. The average molecular weight is 903 g/mol. The van der Waals surface area contributed by atoms with Crippen LogP contribution in [0, 0.1) is 48.8 Å². The van der Waals surface area contributed by atoms with Gasteiger partial charge in [-0.3, -0.25) is 0 Å². The van der Waals surface area contributed by atoms with Gasteiger partial charge in [0, 0.05) is 37.3 Å². The Kier molecular flexibility index (Phi) is 11.9. The smallest absolute Gasteiger partial charge is 0.194 e. The van der Waals surface area contributed by atoms with Gasteiger partial charge in [0.1, 0.15) is 23.1 Å². The van der Waals surface area contributed by atoms with Gasteiger partial charge in [-0.2, -0.15) is 10.2 Å². The number of halogens is 6. The molecule has 66 heavy (non-hydrogen) atoms. The van der Waals surface area contributed by atoms with Gasteiger partial charge in [0.15, 0.2) is 46.6 Å². The monoisotopic (exact) mass is 902 g/mol. The molecule has 0 unspecified atom stereocenters. The Morgan fingerprint density at radius 3 is 1.29 bits per heavy atom. The summed E-state index contributed by atoms with van der Waals surface area (Å²) < 4.78 is 99.7. The molecule has 0 saturated carbocycles. The number of methoxy groups -OCH3 is 2. The Balaban J connectivity index is 0.000000166. The van der Waals surface area contributed by atoms with Crippen molar-refractivity contribution in [3.05, 3.63) is 178 Å². The first-order valence-corrected chi connectivity index (χ1v) is 20.8. The minimum atomic E-state index is -1.47. The molecule has 0 aliphatic carbocycles. The maximum atomic E-state index is 13.7. The summed E-state index contributed by atoms with van der Waals surface area (Å²) in [7, 11) is 3.22. The Bertz CT molecular complexity index is 2910. The zero-order valence-electron chi connectivity index (χ0n) is 35.9. The van der Waals surface area contributed by atoms with Crippen LogP contribution < -0.4 is 9.47 Å². The number of hydrogen-bond donors (Lipinski definition) is 0. The number of aromatic nitrogens is 10. The molecule has 0 fully saturated rings. The SMILES string of the molecule is COc1cc(/C=C/c2nc3n(n2)CC[C@@H]3c2cc(F)c(F)c(F)c2)ccc1-n1cnc(C)c1.COc1cc(/C=C/c2nc3n(n2)CC[C@H]3c2cc(F)c(F)c(F)c2)ccc1-n1cnc(C)c1. The number of ether oxygens (including phenoxy) is 2. The summed E-state index contributed by atoms with van der Waals surface area (Å²) in [5, 5.41) is 8.94. The summed E-state index contributed by atoms with van der Waals surface area (Å²) in [6, 6.07) is 15.7. The molecule has 0 N–H and O–H groups in total. The second kappa shape index (κ2) is 18.0. The lowest BCUT2D eigenvalue weighted by Crippen LogP contribution is -2.02. The molecule has 0 radical (unpaired) electrons. The van der Waals surface area contributed by atoms with Gasteiger partial charge >= 0.3 is 0 Å². The van der Waals surface area contributed by atoms with Crippen LogP contribution in [0.15, 0.2) is 85.7 Å². The van der Waals surface area contributed by atoms with E-state index in [9.17, 15) is 26.3 Å².